The van der Waals surface area contributed by atoms with Crippen LogP contribution in [0.2, 0.25) is 0 Å². The maximum Gasteiger partial charge on any atom is 0.238 e. The van der Waals surface area contributed by atoms with Crippen LogP contribution in [0.5, 0.6) is 0 Å². The molecule has 264 valence electrons. The molecule has 10 rings (SSSR count). The third-order valence-corrected chi connectivity index (χ3v) is 10.3. The summed E-state index contributed by atoms with van der Waals surface area (Å²) >= 11 is 0. The van der Waals surface area contributed by atoms with Gasteiger partial charge in [0.2, 0.25) is 5.95 Å². The quantitative estimate of drug-likeness (QED) is 0.157. The van der Waals surface area contributed by atoms with Crippen molar-refractivity contribution in [1.29, 1.82) is 0 Å². The summed E-state index contributed by atoms with van der Waals surface area (Å²) in [6.07, 6.45) is 0. The molecule has 5 heteroatoms. The van der Waals surface area contributed by atoms with E-state index in [1.54, 1.807) is 0 Å². The number of fused-ring (bicyclic) bond motifs is 3. The first kappa shape index (κ1) is 33.0. The van der Waals surface area contributed by atoms with E-state index in [1.165, 1.54) is 5.56 Å². The maximum atomic E-state index is 5.32. The SMILES string of the molecule is c1ccc(-c2cccc(N(c3ccccc3)c3ccccc3-c3ccccc3-c3nc(-c4ccccc4)nc(-n4c5ccccc5c5ccccc54)n3)c2)cc1. The van der Waals surface area contributed by atoms with E-state index in [9.17, 15) is 0 Å². The van der Waals surface area contributed by atoms with Crippen LogP contribution in [-0.4, -0.2) is 19.5 Å². The molecule has 56 heavy (non-hydrogen) atoms. The summed E-state index contributed by atoms with van der Waals surface area (Å²) < 4.78 is 2.16. The molecule has 8 aromatic carbocycles. The number of rotatable bonds is 8. The van der Waals surface area contributed by atoms with E-state index < -0.39 is 0 Å². The van der Waals surface area contributed by atoms with E-state index in [4.69, 9.17) is 15.0 Å². The lowest BCUT2D eigenvalue weighted by Crippen LogP contribution is -2.11. The van der Waals surface area contributed by atoms with Gasteiger partial charge >= 0.3 is 0 Å². The lowest BCUT2D eigenvalue weighted by atomic mass is 9.96. The molecule has 0 fully saturated rings. The Balaban J connectivity index is 1.19. The van der Waals surface area contributed by atoms with Crippen molar-refractivity contribution >= 4 is 38.9 Å². The number of benzene rings is 8. The molecule has 0 unspecified atom stereocenters. The van der Waals surface area contributed by atoms with Crippen LogP contribution in [0.15, 0.2) is 212 Å². The average Bonchev–Trinajstić information content (AvgIpc) is 3.62. The second-order valence-corrected chi connectivity index (χ2v) is 13.7. The fourth-order valence-corrected chi connectivity index (χ4v) is 7.71. The smallest absolute Gasteiger partial charge is 0.238 e. The molecule has 0 N–H and O–H groups in total. The van der Waals surface area contributed by atoms with Crippen LogP contribution in [0.25, 0.3) is 72.8 Å². The highest BCUT2D eigenvalue weighted by molar-refractivity contribution is 6.09. The molecule has 0 aliphatic rings. The van der Waals surface area contributed by atoms with Gasteiger partial charge in [0.1, 0.15) is 0 Å². The average molecular weight is 718 g/mol. The van der Waals surface area contributed by atoms with Crippen molar-refractivity contribution in [2.75, 3.05) is 4.90 Å². The monoisotopic (exact) mass is 717 g/mol. The van der Waals surface area contributed by atoms with Gasteiger partial charge in [-0.05, 0) is 59.2 Å². The van der Waals surface area contributed by atoms with Gasteiger partial charge in [-0.25, -0.2) is 4.98 Å². The van der Waals surface area contributed by atoms with E-state index in [2.05, 4.69) is 204 Å². The zero-order valence-electron chi connectivity index (χ0n) is 30.4. The minimum atomic E-state index is 0.568. The Morgan fingerprint density at radius 3 is 1.54 bits per heavy atom. The lowest BCUT2D eigenvalue weighted by Gasteiger charge is -2.28. The molecule has 0 radical (unpaired) electrons. The third-order valence-electron chi connectivity index (χ3n) is 10.3. The Labute approximate surface area is 325 Å². The van der Waals surface area contributed by atoms with Crippen LogP contribution < -0.4 is 4.90 Å². The number of anilines is 3. The van der Waals surface area contributed by atoms with Crippen LogP contribution in [0, 0.1) is 0 Å². The Hall–Kier alpha value is -7.63. The summed E-state index contributed by atoms with van der Waals surface area (Å²) in [5.74, 6) is 1.77. The first-order valence-corrected chi connectivity index (χ1v) is 18.8. The van der Waals surface area contributed by atoms with Crippen LogP contribution in [0.4, 0.5) is 17.1 Å². The number of para-hydroxylation sites is 4. The molecule has 5 nitrogen and oxygen atoms in total. The largest absolute Gasteiger partial charge is 0.310 e. The normalized spacial score (nSPS) is 11.2. The maximum absolute atomic E-state index is 5.32. The predicted molar refractivity (Wildman–Crippen MR) is 231 cm³/mol. The number of hydrogen-bond donors (Lipinski definition) is 0. The van der Waals surface area contributed by atoms with Gasteiger partial charge in [0, 0.05) is 38.8 Å². The van der Waals surface area contributed by atoms with Gasteiger partial charge in [-0.1, -0.05) is 170 Å². The zero-order valence-corrected chi connectivity index (χ0v) is 30.4. The van der Waals surface area contributed by atoms with E-state index >= 15 is 0 Å². The van der Waals surface area contributed by atoms with Crippen molar-refractivity contribution < 1.29 is 0 Å². The van der Waals surface area contributed by atoms with Crippen molar-refractivity contribution in [3.8, 4) is 51.0 Å². The Morgan fingerprint density at radius 1 is 0.339 bits per heavy atom. The molecule has 0 amide bonds. The predicted octanol–water partition coefficient (Wildman–Crippen LogP) is 13.1. The van der Waals surface area contributed by atoms with E-state index in [0.717, 1.165) is 66.7 Å². The van der Waals surface area contributed by atoms with E-state index in [1.807, 2.05) is 18.2 Å². The van der Waals surface area contributed by atoms with E-state index in [0.29, 0.717) is 17.6 Å². The molecule has 10 aromatic rings. The van der Waals surface area contributed by atoms with Crippen molar-refractivity contribution in [1.82, 2.24) is 19.5 Å². The van der Waals surface area contributed by atoms with Crippen LogP contribution in [0.3, 0.4) is 0 Å². The summed E-state index contributed by atoms with van der Waals surface area (Å²) in [6.45, 7) is 0. The Bertz CT molecular complexity index is 2920. The topological polar surface area (TPSA) is 46.8 Å². The second-order valence-electron chi connectivity index (χ2n) is 13.7. The molecule has 2 heterocycles. The summed E-state index contributed by atoms with van der Waals surface area (Å²) in [4.78, 5) is 18.0. The summed E-state index contributed by atoms with van der Waals surface area (Å²) in [5.41, 5.74) is 11.5. The minimum absolute atomic E-state index is 0.568. The van der Waals surface area contributed by atoms with Crippen molar-refractivity contribution in [3.63, 3.8) is 0 Å². The number of aromatic nitrogens is 4. The number of hydrogen-bond acceptors (Lipinski definition) is 4. The molecule has 2 aromatic heterocycles. The zero-order chi connectivity index (χ0) is 37.3. The number of nitrogens with zero attached hydrogens (tertiary/aromatic N) is 5. The molecule has 0 aliphatic carbocycles. The summed E-state index contributed by atoms with van der Waals surface area (Å²) in [7, 11) is 0. The summed E-state index contributed by atoms with van der Waals surface area (Å²) in [6, 6.07) is 73.9. The second kappa shape index (κ2) is 14.3. The summed E-state index contributed by atoms with van der Waals surface area (Å²) in [5, 5.41) is 2.30. The van der Waals surface area contributed by atoms with Crippen LogP contribution >= 0.6 is 0 Å². The van der Waals surface area contributed by atoms with Gasteiger partial charge in [0.15, 0.2) is 11.6 Å². The first-order chi connectivity index (χ1) is 27.8. The van der Waals surface area contributed by atoms with Crippen molar-refractivity contribution in [3.05, 3.63) is 212 Å². The molecule has 0 atom stereocenters. The fraction of sp³-hybridized carbons (Fsp3) is 0. The van der Waals surface area contributed by atoms with Gasteiger partial charge in [0.05, 0.1) is 16.7 Å². The van der Waals surface area contributed by atoms with E-state index in [-0.39, 0.29) is 0 Å². The van der Waals surface area contributed by atoms with Gasteiger partial charge in [-0.3, -0.25) is 4.57 Å². The molecular weight excluding hydrogens is 683 g/mol. The van der Waals surface area contributed by atoms with Gasteiger partial charge < -0.3 is 4.90 Å². The molecule has 0 spiro atoms. The van der Waals surface area contributed by atoms with Gasteiger partial charge in [0.25, 0.3) is 0 Å². The van der Waals surface area contributed by atoms with Crippen molar-refractivity contribution in [2.24, 2.45) is 0 Å². The molecular formula is C51H35N5. The fourth-order valence-electron chi connectivity index (χ4n) is 7.71. The Morgan fingerprint density at radius 2 is 0.839 bits per heavy atom. The molecule has 0 aliphatic heterocycles. The highest BCUT2D eigenvalue weighted by atomic mass is 15.2. The van der Waals surface area contributed by atoms with Crippen LogP contribution in [0.1, 0.15) is 0 Å². The lowest BCUT2D eigenvalue weighted by molar-refractivity contribution is 0.953. The highest BCUT2D eigenvalue weighted by Gasteiger charge is 2.22. The molecule has 0 saturated heterocycles. The van der Waals surface area contributed by atoms with Gasteiger partial charge in [-0.2, -0.15) is 9.97 Å². The highest BCUT2D eigenvalue weighted by Crippen LogP contribution is 2.44. The standard InChI is InChI=1S/C51H35N5/c1-4-19-36(20-5-1)38-23-18-26-40(35-38)55(39-24-8-3-9-25-39)46-32-15-12-28-42(46)41-27-10-11-31-45(41)50-52-49(37-21-6-2-7-22-37)53-51(54-50)56-47-33-16-13-29-43(47)44-30-14-17-34-48(44)56/h1-35H. The minimum Gasteiger partial charge on any atom is -0.310 e. The molecule has 0 saturated carbocycles. The van der Waals surface area contributed by atoms with Crippen LogP contribution in [-0.2, 0) is 0 Å². The first-order valence-electron chi connectivity index (χ1n) is 18.8. The third kappa shape index (κ3) is 5.98. The van der Waals surface area contributed by atoms with Crippen molar-refractivity contribution in [2.45, 2.75) is 0 Å². The Kier molecular flexibility index (Phi) is 8.43. The molecule has 0 bridgehead atoms. The van der Waals surface area contributed by atoms with Gasteiger partial charge in [-0.15, -0.1) is 0 Å².